The number of hydrogen-bond acceptors (Lipinski definition) is 2. The van der Waals surface area contributed by atoms with Crippen LogP contribution in [0.1, 0.15) is 49.7 Å². The van der Waals surface area contributed by atoms with E-state index in [1.54, 1.807) is 0 Å². The SMILES string of the molecule is Cc1cnccc1CCN=C(N)NC1CCCCCC1.I. The smallest absolute Gasteiger partial charge is 0.188 e. The molecule has 0 spiro atoms. The highest BCUT2D eigenvalue weighted by Crippen LogP contribution is 2.16. The van der Waals surface area contributed by atoms with E-state index in [4.69, 9.17) is 5.73 Å². The fraction of sp³-hybridized carbons (Fsp3) is 0.625. The molecular weight excluding hydrogens is 375 g/mol. The maximum absolute atomic E-state index is 5.98. The van der Waals surface area contributed by atoms with Crippen LogP contribution in [0.25, 0.3) is 0 Å². The minimum atomic E-state index is 0. The van der Waals surface area contributed by atoms with Crippen LogP contribution in [-0.4, -0.2) is 23.5 Å². The predicted octanol–water partition coefficient (Wildman–Crippen LogP) is 3.18. The third-order valence-electron chi connectivity index (χ3n) is 4.01. The quantitative estimate of drug-likeness (QED) is 0.352. The summed E-state index contributed by atoms with van der Waals surface area (Å²) in [5, 5.41) is 3.38. The molecule has 4 nitrogen and oxygen atoms in total. The maximum atomic E-state index is 5.98. The Morgan fingerprint density at radius 1 is 1.33 bits per heavy atom. The third kappa shape index (κ3) is 6.63. The fourth-order valence-corrected chi connectivity index (χ4v) is 2.76. The lowest BCUT2D eigenvalue weighted by Gasteiger charge is -2.16. The predicted molar refractivity (Wildman–Crippen MR) is 99.2 cm³/mol. The molecule has 0 radical (unpaired) electrons. The van der Waals surface area contributed by atoms with Crippen LogP contribution < -0.4 is 11.1 Å². The molecule has 1 heterocycles. The Hall–Kier alpha value is -0.850. The van der Waals surface area contributed by atoms with Gasteiger partial charge in [0, 0.05) is 25.0 Å². The fourth-order valence-electron chi connectivity index (χ4n) is 2.76. The molecule has 0 bridgehead atoms. The monoisotopic (exact) mass is 402 g/mol. The first-order chi connectivity index (χ1) is 9.75. The Labute approximate surface area is 145 Å². The Bertz CT molecular complexity index is 440. The van der Waals surface area contributed by atoms with Gasteiger partial charge in [-0.1, -0.05) is 25.7 Å². The molecule has 1 saturated carbocycles. The first kappa shape index (κ1) is 18.2. The van der Waals surface area contributed by atoms with Crippen LogP contribution in [0.5, 0.6) is 0 Å². The molecule has 0 aliphatic heterocycles. The van der Waals surface area contributed by atoms with Gasteiger partial charge in [-0.15, -0.1) is 24.0 Å². The van der Waals surface area contributed by atoms with E-state index in [1.165, 1.54) is 49.7 Å². The zero-order chi connectivity index (χ0) is 14.2. The number of rotatable bonds is 4. The normalized spacial score (nSPS) is 16.9. The van der Waals surface area contributed by atoms with Crippen molar-refractivity contribution < 1.29 is 0 Å². The van der Waals surface area contributed by atoms with Crippen LogP contribution in [-0.2, 0) is 6.42 Å². The minimum absolute atomic E-state index is 0. The van der Waals surface area contributed by atoms with Gasteiger partial charge in [-0.25, -0.2) is 0 Å². The van der Waals surface area contributed by atoms with Crippen molar-refractivity contribution in [2.24, 2.45) is 10.7 Å². The minimum Gasteiger partial charge on any atom is -0.370 e. The molecule has 2 rings (SSSR count). The molecule has 1 aliphatic carbocycles. The molecule has 0 unspecified atom stereocenters. The molecule has 0 amide bonds. The Morgan fingerprint density at radius 3 is 2.71 bits per heavy atom. The number of guanidine groups is 1. The lowest BCUT2D eigenvalue weighted by Crippen LogP contribution is -2.40. The van der Waals surface area contributed by atoms with E-state index in [0.29, 0.717) is 12.0 Å². The standard InChI is InChI=1S/C16H26N4.HI/c1-13-12-18-10-8-14(13)9-11-19-16(17)20-15-6-4-2-3-5-7-15;/h8,10,12,15H,2-7,9,11H2,1H3,(H3,17,19,20);1H. The first-order valence-electron chi connectivity index (χ1n) is 7.71. The zero-order valence-electron chi connectivity index (χ0n) is 12.8. The van der Waals surface area contributed by atoms with Crippen LogP contribution in [0.2, 0.25) is 0 Å². The molecule has 1 aliphatic rings. The third-order valence-corrected chi connectivity index (χ3v) is 4.01. The van der Waals surface area contributed by atoms with E-state index < -0.39 is 0 Å². The van der Waals surface area contributed by atoms with Crippen molar-refractivity contribution >= 4 is 29.9 Å². The van der Waals surface area contributed by atoms with Gasteiger partial charge in [0.2, 0.25) is 0 Å². The van der Waals surface area contributed by atoms with Gasteiger partial charge in [-0.3, -0.25) is 9.98 Å². The highest BCUT2D eigenvalue weighted by Gasteiger charge is 2.12. The molecule has 0 atom stereocenters. The zero-order valence-corrected chi connectivity index (χ0v) is 15.2. The second-order valence-corrected chi connectivity index (χ2v) is 5.65. The summed E-state index contributed by atoms with van der Waals surface area (Å²) in [6.07, 6.45) is 12.4. The van der Waals surface area contributed by atoms with Gasteiger partial charge in [0.15, 0.2) is 5.96 Å². The van der Waals surface area contributed by atoms with Gasteiger partial charge in [0.1, 0.15) is 0 Å². The average molecular weight is 402 g/mol. The molecule has 1 fully saturated rings. The number of nitrogens with two attached hydrogens (primary N) is 1. The topological polar surface area (TPSA) is 63.3 Å². The Balaban J connectivity index is 0.00000220. The highest BCUT2D eigenvalue weighted by atomic mass is 127. The number of aromatic nitrogens is 1. The molecule has 0 aromatic carbocycles. The summed E-state index contributed by atoms with van der Waals surface area (Å²) < 4.78 is 0. The molecule has 3 N–H and O–H groups in total. The van der Waals surface area contributed by atoms with Crippen molar-refractivity contribution in [3.8, 4) is 0 Å². The number of halogens is 1. The maximum Gasteiger partial charge on any atom is 0.188 e. The lowest BCUT2D eigenvalue weighted by molar-refractivity contribution is 0.530. The van der Waals surface area contributed by atoms with Crippen molar-refractivity contribution in [1.29, 1.82) is 0 Å². The summed E-state index contributed by atoms with van der Waals surface area (Å²) in [5.74, 6) is 0.601. The van der Waals surface area contributed by atoms with Crippen LogP contribution >= 0.6 is 24.0 Å². The van der Waals surface area contributed by atoms with E-state index in [0.717, 1.165) is 13.0 Å². The Kier molecular flexibility index (Phi) is 8.64. The molecule has 21 heavy (non-hydrogen) atoms. The highest BCUT2D eigenvalue weighted by molar-refractivity contribution is 14.0. The van der Waals surface area contributed by atoms with Gasteiger partial charge in [0.05, 0.1) is 0 Å². The second kappa shape index (κ2) is 9.97. The summed E-state index contributed by atoms with van der Waals surface area (Å²) >= 11 is 0. The van der Waals surface area contributed by atoms with Gasteiger partial charge in [0.25, 0.3) is 0 Å². The number of aliphatic imine (C=N–C) groups is 1. The number of aryl methyl sites for hydroxylation is 1. The molecule has 0 saturated heterocycles. The average Bonchev–Trinajstić information content (AvgIpc) is 2.69. The largest absolute Gasteiger partial charge is 0.370 e. The number of nitrogens with one attached hydrogen (secondary N) is 1. The molecule has 118 valence electrons. The number of hydrogen-bond donors (Lipinski definition) is 2. The molecular formula is C16H27IN4. The summed E-state index contributed by atoms with van der Waals surface area (Å²) in [6.45, 7) is 2.82. The van der Waals surface area contributed by atoms with E-state index in [9.17, 15) is 0 Å². The number of pyridine rings is 1. The van der Waals surface area contributed by atoms with Crippen molar-refractivity contribution in [2.45, 2.75) is 57.9 Å². The van der Waals surface area contributed by atoms with E-state index in [2.05, 4.69) is 28.3 Å². The van der Waals surface area contributed by atoms with Gasteiger partial charge in [-0.2, -0.15) is 0 Å². The van der Waals surface area contributed by atoms with E-state index >= 15 is 0 Å². The van der Waals surface area contributed by atoms with E-state index in [1.807, 2.05) is 12.4 Å². The van der Waals surface area contributed by atoms with Gasteiger partial charge in [-0.05, 0) is 43.4 Å². The Morgan fingerprint density at radius 2 is 2.05 bits per heavy atom. The second-order valence-electron chi connectivity index (χ2n) is 5.65. The van der Waals surface area contributed by atoms with Gasteiger partial charge >= 0.3 is 0 Å². The summed E-state index contributed by atoms with van der Waals surface area (Å²) in [5.41, 5.74) is 8.50. The van der Waals surface area contributed by atoms with Crippen molar-refractivity contribution in [2.75, 3.05) is 6.54 Å². The molecule has 1 aromatic heterocycles. The summed E-state index contributed by atoms with van der Waals surface area (Å²) in [6, 6.07) is 2.57. The van der Waals surface area contributed by atoms with Crippen molar-refractivity contribution in [3.63, 3.8) is 0 Å². The van der Waals surface area contributed by atoms with Crippen LogP contribution in [0.15, 0.2) is 23.5 Å². The van der Waals surface area contributed by atoms with Crippen molar-refractivity contribution in [1.82, 2.24) is 10.3 Å². The molecule has 5 heteroatoms. The van der Waals surface area contributed by atoms with Crippen LogP contribution in [0.3, 0.4) is 0 Å². The van der Waals surface area contributed by atoms with E-state index in [-0.39, 0.29) is 24.0 Å². The lowest BCUT2D eigenvalue weighted by atomic mass is 10.1. The van der Waals surface area contributed by atoms with Crippen molar-refractivity contribution in [3.05, 3.63) is 29.6 Å². The first-order valence-corrected chi connectivity index (χ1v) is 7.71. The summed E-state index contributed by atoms with van der Waals surface area (Å²) in [4.78, 5) is 8.55. The van der Waals surface area contributed by atoms with Crippen LogP contribution in [0, 0.1) is 6.92 Å². The van der Waals surface area contributed by atoms with Crippen LogP contribution in [0.4, 0.5) is 0 Å². The summed E-state index contributed by atoms with van der Waals surface area (Å²) in [7, 11) is 0. The number of nitrogens with zero attached hydrogens (tertiary/aromatic N) is 2. The van der Waals surface area contributed by atoms with Gasteiger partial charge < -0.3 is 11.1 Å². The molecule has 1 aromatic rings.